The van der Waals surface area contributed by atoms with Crippen molar-refractivity contribution in [1.29, 1.82) is 0 Å². The smallest absolute Gasteiger partial charge is 0.337 e. The molecule has 0 bridgehead atoms. The molecule has 2 aromatic rings. The van der Waals surface area contributed by atoms with Crippen molar-refractivity contribution in [2.24, 2.45) is 0 Å². The van der Waals surface area contributed by atoms with Crippen molar-refractivity contribution in [3.8, 4) is 11.5 Å². The van der Waals surface area contributed by atoms with Crippen LogP contribution in [0.1, 0.15) is 15.9 Å². The Bertz CT molecular complexity index is 747. The van der Waals surface area contributed by atoms with Crippen molar-refractivity contribution in [2.45, 2.75) is 0 Å². The Morgan fingerprint density at radius 1 is 0.885 bits per heavy atom. The summed E-state index contributed by atoms with van der Waals surface area (Å²) in [5, 5.41) is 0. The highest BCUT2D eigenvalue weighted by molar-refractivity contribution is 5.90. The van der Waals surface area contributed by atoms with Gasteiger partial charge in [-0.25, -0.2) is 9.59 Å². The molecule has 136 valence electrons. The lowest BCUT2D eigenvalue weighted by atomic mass is 10.1. The van der Waals surface area contributed by atoms with E-state index in [0.717, 1.165) is 11.3 Å². The minimum Gasteiger partial charge on any atom is -0.497 e. The maximum atomic E-state index is 11.7. The van der Waals surface area contributed by atoms with Crippen LogP contribution >= 0.6 is 0 Å². The van der Waals surface area contributed by atoms with E-state index in [-0.39, 0.29) is 13.2 Å². The summed E-state index contributed by atoms with van der Waals surface area (Å²) in [5.41, 5.74) is 1.21. The first kappa shape index (κ1) is 19.1. The first-order valence-electron chi connectivity index (χ1n) is 7.92. The van der Waals surface area contributed by atoms with Gasteiger partial charge in [0.25, 0.3) is 0 Å². The van der Waals surface area contributed by atoms with Gasteiger partial charge < -0.3 is 18.9 Å². The van der Waals surface area contributed by atoms with Crippen LogP contribution in [0.3, 0.4) is 0 Å². The molecule has 0 aliphatic heterocycles. The number of rotatable bonds is 8. The van der Waals surface area contributed by atoms with Gasteiger partial charge in [0.15, 0.2) is 0 Å². The molecule has 0 saturated heterocycles. The van der Waals surface area contributed by atoms with Crippen LogP contribution in [0.2, 0.25) is 0 Å². The van der Waals surface area contributed by atoms with Gasteiger partial charge in [0.05, 0.1) is 19.8 Å². The Morgan fingerprint density at radius 3 is 2.15 bits per heavy atom. The molecule has 0 heterocycles. The SMILES string of the molecule is COC(=O)c1ccc(/C=C/C(=O)OCCOc2ccc(OC)cc2)cc1. The van der Waals surface area contributed by atoms with Gasteiger partial charge in [-0.2, -0.15) is 0 Å². The van der Waals surface area contributed by atoms with Crippen LogP contribution in [-0.4, -0.2) is 39.4 Å². The Hall–Kier alpha value is -3.28. The predicted molar refractivity (Wildman–Crippen MR) is 96.3 cm³/mol. The molecule has 0 amide bonds. The van der Waals surface area contributed by atoms with Gasteiger partial charge in [-0.05, 0) is 48.0 Å². The highest BCUT2D eigenvalue weighted by Gasteiger charge is 2.03. The van der Waals surface area contributed by atoms with E-state index in [1.807, 2.05) is 0 Å². The molecule has 0 atom stereocenters. The van der Waals surface area contributed by atoms with E-state index in [0.29, 0.717) is 11.3 Å². The highest BCUT2D eigenvalue weighted by atomic mass is 16.6. The Labute approximate surface area is 151 Å². The molecular weight excluding hydrogens is 336 g/mol. The second kappa shape index (κ2) is 9.88. The summed E-state index contributed by atoms with van der Waals surface area (Å²) < 4.78 is 20.2. The van der Waals surface area contributed by atoms with E-state index in [1.54, 1.807) is 61.7 Å². The molecule has 0 aliphatic carbocycles. The second-order valence-corrected chi connectivity index (χ2v) is 5.14. The molecule has 0 aliphatic rings. The van der Waals surface area contributed by atoms with Crippen LogP contribution in [0.15, 0.2) is 54.6 Å². The van der Waals surface area contributed by atoms with E-state index < -0.39 is 11.9 Å². The molecule has 0 saturated carbocycles. The van der Waals surface area contributed by atoms with Gasteiger partial charge in [0.1, 0.15) is 24.7 Å². The van der Waals surface area contributed by atoms with Crippen LogP contribution in [0, 0.1) is 0 Å². The fourth-order valence-corrected chi connectivity index (χ4v) is 2.03. The first-order chi connectivity index (χ1) is 12.6. The molecule has 2 rings (SSSR count). The van der Waals surface area contributed by atoms with Crippen LogP contribution < -0.4 is 9.47 Å². The molecule has 6 nitrogen and oxygen atoms in total. The molecule has 0 aromatic heterocycles. The standard InChI is InChI=1S/C20H20O6/c1-23-17-8-10-18(11-9-17)25-13-14-26-19(21)12-5-15-3-6-16(7-4-15)20(22)24-2/h3-12H,13-14H2,1-2H3/b12-5+. The fraction of sp³-hybridized carbons (Fsp3) is 0.200. The van der Waals surface area contributed by atoms with Crippen LogP contribution in [0.4, 0.5) is 0 Å². The topological polar surface area (TPSA) is 71.1 Å². The van der Waals surface area contributed by atoms with Gasteiger partial charge in [0.2, 0.25) is 0 Å². The van der Waals surface area contributed by atoms with Crippen LogP contribution in [-0.2, 0) is 14.3 Å². The lowest BCUT2D eigenvalue weighted by molar-refractivity contribution is -0.138. The third kappa shape index (κ3) is 5.98. The first-order valence-corrected chi connectivity index (χ1v) is 7.92. The maximum absolute atomic E-state index is 11.7. The highest BCUT2D eigenvalue weighted by Crippen LogP contribution is 2.16. The zero-order valence-electron chi connectivity index (χ0n) is 14.6. The number of esters is 2. The van der Waals surface area contributed by atoms with Gasteiger partial charge in [-0.15, -0.1) is 0 Å². The number of carbonyl (C=O) groups is 2. The molecular formula is C20H20O6. The molecule has 0 radical (unpaired) electrons. The number of methoxy groups -OCH3 is 2. The number of carbonyl (C=O) groups excluding carboxylic acids is 2. The van der Waals surface area contributed by atoms with E-state index in [9.17, 15) is 9.59 Å². The summed E-state index contributed by atoms with van der Waals surface area (Å²) in [6.45, 7) is 0.385. The van der Waals surface area contributed by atoms with E-state index >= 15 is 0 Å². The summed E-state index contributed by atoms with van der Waals surface area (Å²) in [6.07, 6.45) is 2.92. The molecule has 6 heteroatoms. The number of hydrogen-bond acceptors (Lipinski definition) is 6. The zero-order chi connectivity index (χ0) is 18.8. The number of benzene rings is 2. The Kier molecular flexibility index (Phi) is 7.24. The summed E-state index contributed by atoms with van der Waals surface area (Å²) in [6, 6.07) is 13.8. The molecule has 0 spiro atoms. The van der Waals surface area contributed by atoms with Gasteiger partial charge in [-0.3, -0.25) is 0 Å². The number of hydrogen-bond donors (Lipinski definition) is 0. The average Bonchev–Trinajstić information content (AvgIpc) is 2.70. The number of ether oxygens (including phenoxy) is 4. The lowest BCUT2D eigenvalue weighted by Gasteiger charge is -2.07. The molecule has 26 heavy (non-hydrogen) atoms. The van der Waals surface area contributed by atoms with E-state index in [2.05, 4.69) is 4.74 Å². The average molecular weight is 356 g/mol. The summed E-state index contributed by atoms with van der Waals surface area (Å²) in [7, 11) is 2.92. The van der Waals surface area contributed by atoms with Crippen molar-refractivity contribution in [2.75, 3.05) is 27.4 Å². The van der Waals surface area contributed by atoms with Gasteiger partial charge >= 0.3 is 11.9 Å². The minimum absolute atomic E-state index is 0.135. The van der Waals surface area contributed by atoms with Gasteiger partial charge in [0, 0.05) is 6.08 Å². The van der Waals surface area contributed by atoms with Crippen molar-refractivity contribution in [1.82, 2.24) is 0 Å². The maximum Gasteiger partial charge on any atom is 0.337 e. The third-order valence-electron chi connectivity index (χ3n) is 3.40. The minimum atomic E-state index is -0.472. The van der Waals surface area contributed by atoms with Crippen molar-refractivity contribution < 1.29 is 28.5 Å². The lowest BCUT2D eigenvalue weighted by Crippen LogP contribution is -2.10. The monoisotopic (exact) mass is 356 g/mol. The third-order valence-corrected chi connectivity index (χ3v) is 3.40. The summed E-state index contributed by atoms with van der Waals surface area (Å²) >= 11 is 0. The van der Waals surface area contributed by atoms with Crippen molar-refractivity contribution >= 4 is 18.0 Å². The Balaban J connectivity index is 1.72. The van der Waals surface area contributed by atoms with Crippen LogP contribution in [0.25, 0.3) is 6.08 Å². The Morgan fingerprint density at radius 2 is 1.54 bits per heavy atom. The molecule has 2 aromatic carbocycles. The van der Waals surface area contributed by atoms with Crippen LogP contribution in [0.5, 0.6) is 11.5 Å². The molecule has 0 fully saturated rings. The summed E-state index contributed by atoms with van der Waals surface area (Å²) in [5.74, 6) is 0.536. The second-order valence-electron chi connectivity index (χ2n) is 5.14. The largest absolute Gasteiger partial charge is 0.497 e. The van der Waals surface area contributed by atoms with E-state index in [1.165, 1.54) is 13.2 Å². The van der Waals surface area contributed by atoms with Crippen molar-refractivity contribution in [3.05, 3.63) is 65.7 Å². The van der Waals surface area contributed by atoms with Gasteiger partial charge in [-0.1, -0.05) is 12.1 Å². The molecule has 0 N–H and O–H groups in total. The quantitative estimate of drug-likeness (QED) is 0.411. The normalized spacial score (nSPS) is 10.4. The fourth-order valence-electron chi connectivity index (χ4n) is 2.03. The molecule has 0 unspecified atom stereocenters. The van der Waals surface area contributed by atoms with E-state index in [4.69, 9.17) is 14.2 Å². The summed E-state index contributed by atoms with van der Waals surface area (Å²) in [4.78, 5) is 23.0. The van der Waals surface area contributed by atoms with Crippen molar-refractivity contribution in [3.63, 3.8) is 0 Å². The zero-order valence-corrected chi connectivity index (χ0v) is 14.6. The predicted octanol–water partition coefficient (Wildman–Crippen LogP) is 3.12.